The lowest BCUT2D eigenvalue weighted by atomic mass is 10.1. The number of hydrogen-bond acceptors (Lipinski definition) is 5. The van der Waals surface area contributed by atoms with E-state index >= 15 is 0 Å². The predicted molar refractivity (Wildman–Crippen MR) is 118 cm³/mol. The minimum Gasteiger partial charge on any atom is -0.348 e. The van der Waals surface area contributed by atoms with Crippen molar-refractivity contribution >= 4 is 26.8 Å². The van der Waals surface area contributed by atoms with Gasteiger partial charge in [0.25, 0.3) is 5.91 Å². The maximum Gasteiger partial charge on any atom is 0.253 e. The lowest BCUT2D eigenvalue weighted by molar-refractivity contribution is 0.0950. The van der Waals surface area contributed by atoms with Crippen molar-refractivity contribution in [3.05, 3.63) is 82.7 Å². The van der Waals surface area contributed by atoms with Gasteiger partial charge in [0, 0.05) is 18.1 Å². The molecule has 0 spiro atoms. The number of H-pyrrole nitrogens is 1. The molecule has 31 heavy (non-hydrogen) atoms. The van der Waals surface area contributed by atoms with Crippen molar-refractivity contribution in [2.24, 2.45) is 0 Å². The van der Waals surface area contributed by atoms with E-state index in [0.717, 1.165) is 27.6 Å². The molecule has 4 rings (SSSR count). The molecule has 0 unspecified atom stereocenters. The molecule has 0 radical (unpaired) electrons. The Bertz CT molecular complexity index is 1390. The lowest BCUT2D eigenvalue weighted by Crippen LogP contribution is -2.22. The van der Waals surface area contributed by atoms with E-state index in [0.29, 0.717) is 16.1 Å². The molecule has 0 bridgehead atoms. The van der Waals surface area contributed by atoms with Crippen LogP contribution in [-0.4, -0.2) is 29.5 Å². The second kappa shape index (κ2) is 7.96. The van der Waals surface area contributed by atoms with Gasteiger partial charge < -0.3 is 5.32 Å². The van der Waals surface area contributed by atoms with Crippen molar-refractivity contribution in [2.75, 3.05) is 0 Å². The zero-order valence-electron chi connectivity index (χ0n) is 17.4. The topological polar surface area (TPSA) is 105 Å². The number of nitrogens with zero attached hydrogens (tertiary/aromatic N) is 2. The Morgan fingerprint density at radius 1 is 0.968 bits per heavy atom. The summed E-state index contributed by atoms with van der Waals surface area (Å²) in [4.78, 5) is 17.1. The molecule has 2 N–H and O–H groups in total. The highest BCUT2D eigenvalue weighted by molar-refractivity contribution is 7.91. The Balaban J connectivity index is 1.49. The average Bonchev–Trinajstić information content (AvgIpc) is 3.22. The number of sulfone groups is 1. The zero-order chi connectivity index (χ0) is 22.2. The number of carbonyl (C=O) groups excluding carboxylic acids is 1. The van der Waals surface area contributed by atoms with Crippen molar-refractivity contribution in [3.8, 4) is 0 Å². The fraction of sp³-hybridized carbons (Fsp3) is 0.174. The van der Waals surface area contributed by atoms with Crippen LogP contribution in [0.3, 0.4) is 0 Å². The molecule has 1 amide bonds. The summed E-state index contributed by atoms with van der Waals surface area (Å²) in [6, 6.07) is 11.9. The molecule has 0 fully saturated rings. The molecule has 158 valence electrons. The first-order chi connectivity index (χ1) is 14.8. The van der Waals surface area contributed by atoms with Gasteiger partial charge in [-0.3, -0.25) is 9.89 Å². The van der Waals surface area contributed by atoms with Crippen molar-refractivity contribution < 1.29 is 13.2 Å². The van der Waals surface area contributed by atoms with Gasteiger partial charge in [-0.05, 0) is 67.3 Å². The molecule has 7 nitrogen and oxygen atoms in total. The second-order valence-corrected chi connectivity index (χ2v) is 9.48. The van der Waals surface area contributed by atoms with Gasteiger partial charge in [0.15, 0.2) is 5.65 Å². The molecule has 0 aliphatic heterocycles. The number of pyridine rings is 1. The van der Waals surface area contributed by atoms with E-state index < -0.39 is 9.84 Å². The summed E-state index contributed by atoms with van der Waals surface area (Å²) in [6.45, 7) is 5.94. The molecule has 2 aromatic heterocycles. The monoisotopic (exact) mass is 434 g/mol. The molecule has 0 saturated heterocycles. The van der Waals surface area contributed by atoms with E-state index in [9.17, 15) is 13.2 Å². The van der Waals surface area contributed by atoms with Gasteiger partial charge in [-0.1, -0.05) is 18.2 Å². The molecule has 2 heterocycles. The van der Waals surface area contributed by atoms with Crippen LogP contribution >= 0.6 is 0 Å². The number of aryl methyl sites for hydroxylation is 3. The van der Waals surface area contributed by atoms with Gasteiger partial charge in [-0.15, -0.1) is 0 Å². The maximum atomic E-state index is 13.1. The molecule has 0 atom stereocenters. The van der Waals surface area contributed by atoms with Crippen LogP contribution in [-0.2, 0) is 16.4 Å². The van der Waals surface area contributed by atoms with Crippen LogP contribution in [0.2, 0.25) is 0 Å². The van der Waals surface area contributed by atoms with Gasteiger partial charge in [-0.2, -0.15) is 5.10 Å². The number of fused-ring (bicyclic) bond motifs is 1. The molecular formula is C23H22N4O3S. The number of hydrogen-bond donors (Lipinski definition) is 2. The Hall–Kier alpha value is -3.52. The van der Waals surface area contributed by atoms with Crippen molar-refractivity contribution in [1.29, 1.82) is 0 Å². The largest absolute Gasteiger partial charge is 0.348 e. The summed E-state index contributed by atoms with van der Waals surface area (Å²) < 4.78 is 26.2. The smallest absolute Gasteiger partial charge is 0.253 e. The predicted octanol–water partition coefficient (Wildman–Crippen LogP) is 3.65. The highest BCUT2D eigenvalue weighted by Gasteiger charge is 2.20. The van der Waals surface area contributed by atoms with E-state index in [1.165, 1.54) is 6.20 Å². The summed E-state index contributed by atoms with van der Waals surface area (Å²) in [5, 5.41) is 10.2. The Labute approximate surface area is 180 Å². The van der Waals surface area contributed by atoms with Crippen LogP contribution in [0.25, 0.3) is 11.0 Å². The van der Waals surface area contributed by atoms with E-state index in [1.54, 1.807) is 49.5 Å². The second-order valence-electron chi connectivity index (χ2n) is 7.56. The molecule has 0 aliphatic rings. The lowest BCUT2D eigenvalue weighted by Gasteiger charge is -2.12. The van der Waals surface area contributed by atoms with Crippen LogP contribution in [0.4, 0.5) is 0 Å². The fourth-order valence-electron chi connectivity index (χ4n) is 3.38. The number of rotatable bonds is 5. The van der Waals surface area contributed by atoms with Gasteiger partial charge in [0.1, 0.15) is 0 Å². The highest BCUT2D eigenvalue weighted by atomic mass is 32.2. The summed E-state index contributed by atoms with van der Waals surface area (Å²) in [6.07, 6.45) is 3.09. The highest BCUT2D eigenvalue weighted by Crippen LogP contribution is 2.26. The first kappa shape index (κ1) is 20.7. The maximum absolute atomic E-state index is 13.1. The van der Waals surface area contributed by atoms with E-state index in [2.05, 4.69) is 20.5 Å². The minimum atomic E-state index is -3.62. The van der Waals surface area contributed by atoms with Gasteiger partial charge in [0.2, 0.25) is 9.84 Å². The van der Waals surface area contributed by atoms with E-state index in [4.69, 9.17) is 0 Å². The fourth-order valence-corrected chi connectivity index (χ4v) is 4.95. The molecule has 0 aliphatic carbocycles. The first-order valence-electron chi connectivity index (χ1n) is 9.75. The molecular weight excluding hydrogens is 412 g/mol. The van der Waals surface area contributed by atoms with E-state index in [1.807, 2.05) is 19.9 Å². The quantitative estimate of drug-likeness (QED) is 0.499. The van der Waals surface area contributed by atoms with Gasteiger partial charge in [-0.25, -0.2) is 13.4 Å². The third-order valence-electron chi connectivity index (χ3n) is 5.32. The summed E-state index contributed by atoms with van der Waals surface area (Å²) in [7, 11) is -3.62. The molecule has 8 heteroatoms. The van der Waals surface area contributed by atoms with Crippen LogP contribution in [0.15, 0.2) is 64.6 Å². The van der Waals surface area contributed by atoms with E-state index in [-0.39, 0.29) is 17.3 Å². The molecule has 0 saturated carbocycles. The third-order valence-corrected chi connectivity index (χ3v) is 7.23. The minimum absolute atomic E-state index is 0.225. The van der Waals surface area contributed by atoms with Crippen LogP contribution in [0, 0.1) is 20.8 Å². The van der Waals surface area contributed by atoms with Crippen LogP contribution in [0.5, 0.6) is 0 Å². The molecule has 4 aromatic rings. The Morgan fingerprint density at radius 3 is 2.42 bits per heavy atom. The first-order valence-corrected chi connectivity index (χ1v) is 11.2. The van der Waals surface area contributed by atoms with Crippen molar-refractivity contribution in [1.82, 2.24) is 20.5 Å². The molecule has 2 aromatic carbocycles. The average molecular weight is 435 g/mol. The van der Waals surface area contributed by atoms with Crippen LogP contribution < -0.4 is 5.32 Å². The number of amides is 1. The summed E-state index contributed by atoms with van der Waals surface area (Å²) >= 11 is 0. The third kappa shape index (κ3) is 4.06. The standard InChI is InChI=1S/C23H22N4O3S/c1-14-8-16(3)21(9-15(14)2)31(29,30)20-6-4-17(5-7-20)11-25-23(28)19-10-18-13-26-27-22(18)24-12-19/h4-10,12-13H,11H2,1-3H3,(H,25,28)(H,24,26,27). The number of nitrogens with one attached hydrogen (secondary N) is 2. The summed E-state index contributed by atoms with van der Waals surface area (Å²) in [5.41, 5.74) is 4.56. The Morgan fingerprint density at radius 2 is 1.68 bits per heavy atom. The zero-order valence-corrected chi connectivity index (χ0v) is 18.2. The van der Waals surface area contributed by atoms with Crippen molar-refractivity contribution in [3.63, 3.8) is 0 Å². The van der Waals surface area contributed by atoms with Gasteiger partial charge in [0.05, 0.1) is 21.6 Å². The Kier molecular flexibility index (Phi) is 5.32. The number of aromatic nitrogens is 3. The van der Waals surface area contributed by atoms with Crippen LogP contribution in [0.1, 0.15) is 32.6 Å². The summed E-state index contributed by atoms with van der Waals surface area (Å²) in [5.74, 6) is -0.266. The SMILES string of the molecule is Cc1cc(C)c(S(=O)(=O)c2ccc(CNC(=O)c3cnc4[nH]ncc4c3)cc2)cc1C. The van der Waals surface area contributed by atoms with Gasteiger partial charge >= 0.3 is 0 Å². The number of benzene rings is 2. The number of carbonyl (C=O) groups is 1. The number of aromatic amines is 1. The van der Waals surface area contributed by atoms with Crippen molar-refractivity contribution in [2.45, 2.75) is 37.1 Å². The normalized spacial score (nSPS) is 11.6.